The minimum Gasteiger partial charge on any atom is -0.292 e. The van der Waals surface area contributed by atoms with E-state index in [1.807, 2.05) is 36.5 Å². The number of carbonyl (C=O) groups is 1. The predicted molar refractivity (Wildman–Crippen MR) is 116 cm³/mol. The number of rotatable bonds is 6. The molecule has 0 aliphatic carbocycles. The van der Waals surface area contributed by atoms with Crippen LogP contribution in [-0.2, 0) is 6.42 Å². The van der Waals surface area contributed by atoms with Crippen LogP contribution >= 0.6 is 22.9 Å². The van der Waals surface area contributed by atoms with Crippen molar-refractivity contribution in [1.29, 1.82) is 0 Å². The second-order valence-electron chi connectivity index (χ2n) is 6.90. The van der Waals surface area contributed by atoms with Gasteiger partial charge in [-0.3, -0.25) is 9.79 Å². The van der Waals surface area contributed by atoms with Gasteiger partial charge in [0, 0.05) is 41.1 Å². The van der Waals surface area contributed by atoms with Gasteiger partial charge in [0.2, 0.25) is 0 Å². The second kappa shape index (κ2) is 8.21. The molecule has 5 heteroatoms. The summed E-state index contributed by atoms with van der Waals surface area (Å²) < 4.78 is 0. The van der Waals surface area contributed by atoms with Gasteiger partial charge in [-0.25, -0.2) is 4.98 Å². The monoisotopic (exact) mass is 406 g/mol. The standard InChI is InChI=1S/C23H19ClN2OS/c1-15(18-3-2-4-20(24)10-18)21-11-19(12-25-21)17-7-5-16(6-8-17)9-23(27)22-13-28-14-26-22/h2-8,10,12-15H,9,11H2,1H3. The molecule has 1 aliphatic heterocycles. The van der Waals surface area contributed by atoms with Crippen molar-refractivity contribution in [1.82, 2.24) is 4.98 Å². The lowest BCUT2D eigenvalue weighted by Gasteiger charge is -2.13. The fourth-order valence-corrected chi connectivity index (χ4v) is 4.08. The van der Waals surface area contributed by atoms with Crippen LogP contribution in [0.1, 0.15) is 46.4 Å². The van der Waals surface area contributed by atoms with Crippen molar-refractivity contribution in [3.63, 3.8) is 0 Å². The Morgan fingerprint density at radius 2 is 2.04 bits per heavy atom. The van der Waals surface area contributed by atoms with E-state index in [9.17, 15) is 4.79 Å². The van der Waals surface area contributed by atoms with Crippen molar-refractivity contribution >= 4 is 40.0 Å². The third-order valence-corrected chi connectivity index (χ3v) is 5.84. The van der Waals surface area contributed by atoms with E-state index in [1.165, 1.54) is 22.5 Å². The highest BCUT2D eigenvalue weighted by Crippen LogP contribution is 2.31. The van der Waals surface area contributed by atoms with E-state index < -0.39 is 0 Å². The van der Waals surface area contributed by atoms with Crippen LogP contribution in [0.25, 0.3) is 5.57 Å². The molecule has 1 atom stereocenters. The Morgan fingerprint density at radius 1 is 1.21 bits per heavy atom. The highest BCUT2D eigenvalue weighted by Gasteiger charge is 2.19. The first-order valence-corrected chi connectivity index (χ1v) is 10.4. The molecular formula is C23H19ClN2OS. The molecule has 0 fully saturated rings. The predicted octanol–water partition coefficient (Wildman–Crippen LogP) is 6.21. The molecule has 3 aromatic rings. The number of Topliss-reactive ketones (excluding diaryl/α,β-unsaturated/α-hetero) is 1. The summed E-state index contributed by atoms with van der Waals surface area (Å²) in [5.74, 6) is 0.275. The molecule has 0 saturated carbocycles. The Kier molecular flexibility index (Phi) is 5.51. The zero-order chi connectivity index (χ0) is 19.5. The lowest BCUT2D eigenvalue weighted by atomic mass is 9.91. The SMILES string of the molecule is CC(C1=NC=C(c2ccc(CC(=O)c3cscn3)cc2)C1)c1cccc(Cl)c1. The highest BCUT2D eigenvalue weighted by atomic mass is 35.5. The summed E-state index contributed by atoms with van der Waals surface area (Å²) in [6.07, 6.45) is 3.15. The number of allylic oxidation sites excluding steroid dienone is 1. The molecule has 1 unspecified atom stereocenters. The van der Waals surface area contributed by atoms with Gasteiger partial charge < -0.3 is 0 Å². The first kappa shape index (κ1) is 18.8. The summed E-state index contributed by atoms with van der Waals surface area (Å²) in [6, 6.07) is 16.1. The number of aromatic nitrogens is 1. The zero-order valence-corrected chi connectivity index (χ0v) is 17.0. The van der Waals surface area contributed by atoms with Crippen LogP contribution in [0.5, 0.6) is 0 Å². The molecule has 1 aliphatic rings. The van der Waals surface area contributed by atoms with Crippen LogP contribution < -0.4 is 0 Å². The van der Waals surface area contributed by atoms with Gasteiger partial charge in [0.05, 0.1) is 5.51 Å². The molecule has 0 bridgehead atoms. The van der Waals surface area contributed by atoms with Crippen molar-refractivity contribution < 1.29 is 4.79 Å². The first-order valence-electron chi connectivity index (χ1n) is 9.12. The molecule has 0 saturated heterocycles. The van der Waals surface area contributed by atoms with Gasteiger partial charge in [-0.2, -0.15) is 0 Å². The van der Waals surface area contributed by atoms with E-state index in [2.05, 4.69) is 35.1 Å². The van der Waals surface area contributed by atoms with Crippen LogP contribution in [0, 0.1) is 0 Å². The van der Waals surface area contributed by atoms with Crippen molar-refractivity contribution in [3.8, 4) is 0 Å². The van der Waals surface area contributed by atoms with E-state index in [0.29, 0.717) is 12.1 Å². The molecule has 140 valence electrons. The number of hydrogen-bond acceptors (Lipinski definition) is 4. The van der Waals surface area contributed by atoms with Crippen LogP contribution in [0.2, 0.25) is 5.02 Å². The van der Waals surface area contributed by atoms with Crippen LogP contribution in [0.15, 0.2) is 70.6 Å². The third-order valence-electron chi connectivity index (χ3n) is 5.01. The smallest absolute Gasteiger partial charge is 0.186 e. The number of carbonyl (C=O) groups excluding carboxylic acids is 1. The van der Waals surface area contributed by atoms with Gasteiger partial charge >= 0.3 is 0 Å². The lowest BCUT2D eigenvalue weighted by Crippen LogP contribution is -2.07. The Hall–Kier alpha value is -2.56. The number of nitrogens with zero attached hydrogens (tertiary/aromatic N) is 2. The summed E-state index contributed by atoms with van der Waals surface area (Å²) in [5.41, 5.74) is 7.87. The van der Waals surface area contributed by atoms with E-state index in [4.69, 9.17) is 11.6 Å². The maximum Gasteiger partial charge on any atom is 0.186 e. The maximum absolute atomic E-state index is 12.2. The molecule has 0 amide bonds. The summed E-state index contributed by atoms with van der Waals surface area (Å²) in [4.78, 5) is 20.9. The van der Waals surface area contributed by atoms with Crippen LogP contribution in [-0.4, -0.2) is 16.5 Å². The molecule has 0 spiro atoms. The molecule has 4 rings (SSSR count). The lowest BCUT2D eigenvalue weighted by molar-refractivity contribution is 0.0989. The number of thiazole rings is 1. The van der Waals surface area contributed by atoms with Gasteiger partial charge in [-0.05, 0) is 34.4 Å². The Morgan fingerprint density at radius 3 is 2.75 bits per heavy atom. The number of halogens is 1. The fourth-order valence-electron chi connectivity index (χ4n) is 3.32. The maximum atomic E-state index is 12.2. The number of benzene rings is 2. The summed E-state index contributed by atoms with van der Waals surface area (Å²) in [7, 11) is 0. The van der Waals surface area contributed by atoms with Crippen molar-refractivity contribution in [2.45, 2.75) is 25.7 Å². The van der Waals surface area contributed by atoms with Gasteiger partial charge in [-0.15, -0.1) is 11.3 Å². The summed E-state index contributed by atoms with van der Waals surface area (Å²) in [6.45, 7) is 2.16. The molecular weight excluding hydrogens is 388 g/mol. The van der Waals surface area contributed by atoms with Crippen molar-refractivity contribution in [2.75, 3.05) is 0 Å². The largest absolute Gasteiger partial charge is 0.292 e. The third kappa shape index (κ3) is 4.13. The minimum atomic E-state index is 0.0510. The van der Waals surface area contributed by atoms with E-state index >= 15 is 0 Å². The fraction of sp³-hybridized carbons (Fsp3) is 0.174. The number of aliphatic imine (C=N–C) groups is 1. The Balaban J connectivity index is 1.40. The van der Waals surface area contributed by atoms with Crippen molar-refractivity contribution in [3.05, 3.63) is 93.0 Å². The molecule has 0 radical (unpaired) electrons. The first-order chi connectivity index (χ1) is 13.6. The van der Waals surface area contributed by atoms with E-state index in [-0.39, 0.29) is 11.7 Å². The second-order valence-corrected chi connectivity index (χ2v) is 8.05. The number of ketones is 1. The average molecular weight is 407 g/mol. The Bertz CT molecular complexity index is 1050. The summed E-state index contributed by atoms with van der Waals surface area (Å²) >= 11 is 7.56. The molecule has 2 heterocycles. The van der Waals surface area contributed by atoms with Gasteiger partial charge in [0.15, 0.2) is 5.78 Å². The van der Waals surface area contributed by atoms with Gasteiger partial charge in [0.1, 0.15) is 5.69 Å². The Labute approximate surface area is 173 Å². The molecule has 0 N–H and O–H groups in total. The van der Waals surface area contributed by atoms with E-state index in [1.54, 1.807) is 10.9 Å². The molecule has 28 heavy (non-hydrogen) atoms. The zero-order valence-electron chi connectivity index (χ0n) is 15.4. The average Bonchev–Trinajstić information content (AvgIpc) is 3.40. The minimum absolute atomic E-state index is 0.0510. The molecule has 3 nitrogen and oxygen atoms in total. The normalized spacial score (nSPS) is 14.5. The van der Waals surface area contributed by atoms with Gasteiger partial charge in [0.25, 0.3) is 0 Å². The molecule has 1 aromatic heterocycles. The highest BCUT2D eigenvalue weighted by molar-refractivity contribution is 7.07. The molecule has 2 aromatic carbocycles. The van der Waals surface area contributed by atoms with Crippen LogP contribution in [0.3, 0.4) is 0 Å². The topological polar surface area (TPSA) is 42.3 Å². The summed E-state index contributed by atoms with van der Waals surface area (Å²) in [5, 5.41) is 2.54. The van der Waals surface area contributed by atoms with Crippen molar-refractivity contribution in [2.24, 2.45) is 4.99 Å². The van der Waals surface area contributed by atoms with Gasteiger partial charge in [-0.1, -0.05) is 54.9 Å². The van der Waals surface area contributed by atoms with Crippen LogP contribution in [0.4, 0.5) is 0 Å². The van der Waals surface area contributed by atoms with E-state index in [0.717, 1.165) is 28.3 Å². The number of hydrogen-bond donors (Lipinski definition) is 0. The quantitative estimate of drug-likeness (QED) is 0.456.